The van der Waals surface area contributed by atoms with Crippen LogP contribution in [0.3, 0.4) is 0 Å². The Bertz CT molecular complexity index is 272. The maximum absolute atomic E-state index is 11.5. The lowest BCUT2D eigenvalue weighted by molar-refractivity contribution is -0.156. The molecule has 0 aromatic carbocycles. The molecule has 0 aromatic rings. The Morgan fingerprint density at radius 2 is 1.43 bits per heavy atom. The number of carbonyl (C=O) groups is 2. The maximum atomic E-state index is 11.5. The van der Waals surface area contributed by atoms with Gasteiger partial charge in [0.1, 0.15) is 0 Å². The van der Waals surface area contributed by atoms with Gasteiger partial charge in [-0.15, -0.1) is 0 Å². The molecule has 0 saturated heterocycles. The molecule has 0 radical (unpaired) electrons. The van der Waals surface area contributed by atoms with E-state index in [2.05, 4.69) is 20.8 Å². The van der Waals surface area contributed by atoms with Crippen molar-refractivity contribution < 1.29 is 19.1 Å². The quantitative estimate of drug-likeness (QED) is 0.630. The van der Waals surface area contributed by atoms with Gasteiger partial charge in [-0.25, -0.2) is 0 Å². The van der Waals surface area contributed by atoms with Gasteiger partial charge in [0, 0.05) is 0 Å². The predicted octanol–water partition coefficient (Wildman–Crippen LogP) is 4.22. The summed E-state index contributed by atoms with van der Waals surface area (Å²) in [5.41, 5.74) is 0. The standard InChI is InChI=1S/C11H20O4.C6H14/c1-5-14-10(12)7-9(8(3)4)11(13)15-6-2;1-4-5-6(2)3/h8-9H,5-7H2,1-4H3;6H,4-5H2,1-3H3. The summed E-state index contributed by atoms with van der Waals surface area (Å²) in [5.74, 6) is -0.0859. The van der Waals surface area contributed by atoms with Crippen LogP contribution in [0.25, 0.3) is 0 Å². The molecule has 0 aliphatic carbocycles. The first-order chi connectivity index (χ1) is 9.79. The number of hydrogen-bond acceptors (Lipinski definition) is 4. The van der Waals surface area contributed by atoms with Crippen molar-refractivity contribution in [2.45, 2.75) is 67.7 Å². The summed E-state index contributed by atoms with van der Waals surface area (Å²) < 4.78 is 9.70. The highest BCUT2D eigenvalue weighted by molar-refractivity contribution is 5.80. The van der Waals surface area contributed by atoms with E-state index in [4.69, 9.17) is 9.47 Å². The largest absolute Gasteiger partial charge is 0.466 e. The van der Waals surface area contributed by atoms with Crippen LogP contribution in [0.2, 0.25) is 0 Å². The molecule has 0 aliphatic rings. The van der Waals surface area contributed by atoms with E-state index >= 15 is 0 Å². The Balaban J connectivity index is 0. The van der Waals surface area contributed by atoms with Crippen molar-refractivity contribution in [1.82, 2.24) is 0 Å². The third kappa shape index (κ3) is 13.7. The topological polar surface area (TPSA) is 52.6 Å². The van der Waals surface area contributed by atoms with Crippen LogP contribution in [0.4, 0.5) is 0 Å². The van der Waals surface area contributed by atoms with E-state index in [0.717, 1.165) is 5.92 Å². The van der Waals surface area contributed by atoms with Gasteiger partial charge in [0.25, 0.3) is 0 Å². The predicted molar refractivity (Wildman–Crippen MR) is 86.0 cm³/mol. The highest BCUT2D eigenvalue weighted by Crippen LogP contribution is 2.17. The van der Waals surface area contributed by atoms with Crippen LogP contribution in [0, 0.1) is 17.8 Å². The Kier molecular flexibility index (Phi) is 14.7. The Labute approximate surface area is 130 Å². The molecule has 1 atom stereocenters. The first kappa shape index (κ1) is 22.2. The van der Waals surface area contributed by atoms with E-state index in [-0.39, 0.29) is 24.3 Å². The van der Waals surface area contributed by atoms with Crippen molar-refractivity contribution in [3.8, 4) is 0 Å². The second-order valence-corrected chi connectivity index (χ2v) is 5.79. The second-order valence-electron chi connectivity index (χ2n) is 5.79. The number of ether oxygens (including phenoxy) is 2. The van der Waals surface area contributed by atoms with Crippen molar-refractivity contribution >= 4 is 11.9 Å². The van der Waals surface area contributed by atoms with E-state index in [1.807, 2.05) is 13.8 Å². The van der Waals surface area contributed by atoms with Crippen LogP contribution in [0.1, 0.15) is 67.7 Å². The zero-order valence-corrected chi connectivity index (χ0v) is 14.9. The van der Waals surface area contributed by atoms with Crippen LogP contribution in [-0.4, -0.2) is 25.2 Å². The van der Waals surface area contributed by atoms with Crippen molar-refractivity contribution in [2.24, 2.45) is 17.8 Å². The lowest BCUT2D eigenvalue weighted by Gasteiger charge is -2.17. The molecule has 4 nitrogen and oxygen atoms in total. The second kappa shape index (κ2) is 13.9. The normalized spacial score (nSPS) is 11.7. The number of hydrogen-bond donors (Lipinski definition) is 0. The van der Waals surface area contributed by atoms with Crippen LogP contribution in [0.5, 0.6) is 0 Å². The zero-order valence-electron chi connectivity index (χ0n) is 14.9. The molecule has 0 saturated carbocycles. The van der Waals surface area contributed by atoms with Crippen molar-refractivity contribution in [3.63, 3.8) is 0 Å². The van der Waals surface area contributed by atoms with Crippen molar-refractivity contribution in [3.05, 3.63) is 0 Å². The molecule has 0 bridgehead atoms. The summed E-state index contributed by atoms with van der Waals surface area (Å²) in [6.07, 6.45) is 2.81. The average molecular weight is 302 g/mol. The fraction of sp³-hybridized carbons (Fsp3) is 0.882. The molecule has 0 heterocycles. The molecule has 21 heavy (non-hydrogen) atoms. The highest BCUT2D eigenvalue weighted by Gasteiger charge is 2.26. The molecule has 0 aliphatic heterocycles. The molecule has 4 heteroatoms. The van der Waals surface area contributed by atoms with Crippen molar-refractivity contribution in [1.29, 1.82) is 0 Å². The third-order valence-electron chi connectivity index (χ3n) is 2.95. The Hall–Kier alpha value is -1.06. The number of carbonyl (C=O) groups excluding carboxylic acids is 2. The molecule has 0 rings (SSSR count). The summed E-state index contributed by atoms with van der Waals surface area (Å²) in [7, 11) is 0. The summed E-state index contributed by atoms with van der Waals surface area (Å²) in [4.78, 5) is 22.7. The van der Waals surface area contributed by atoms with E-state index in [9.17, 15) is 9.59 Å². The third-order valence-corrected chi connectivity index (χ3v) is 2.95. The molecular formula is C17H34O4. The molecule has 0 amide bonds. The summed E-state index contributed by atoms with van der Waals surface area (Å²) >= 11 is 0. The van der Waals surface area contributed by atoms with Gasteiger partial charge in [-0.05, 0) is 25.7 Å². The number of esters is 2. The minimum atomic E-state index is -0.399. The maximum Gasteiger partial charge on any atom is 0.309 e. The van der Waals surface area contributed by atoms with Crippen LogP contribution in [0.15, 0.2) is 0 Å². The van der Waals surface area contributed by atoms with Crippen molar-refractivity contribution in [2.75, 3.05) is 13.2 Å². The molecule has 126 valence electrons. The molecule has 0 spiro atoms. The zero-order chi connectivity index (χ0) is 16.8. The van der Waals surface area contributed by atoms with Crippen LogP contribution >= 0.6 is 0 Å². The fourth-order valence-electron chi connectivity index (χ4n) is 1.82. The summed E-state index contributed by atoms with van der Waals surface area (Å²) in [6.45, 7) is 14.7. The molecule has 0 aromatic heterocycles. The smallest absolute Gasteiger partial charge is 0.309 e. The van der Waals surface area contributed by atoms with E-state index in [1.165, 1.54) is 12.8 Å². The van der Waals surface area contributed by atoms with Gasteiger partial charge >= 0.3 is 11.9 Å². The van der Waals surface area contributed by atoms with Gasteiger partial charge < -0.3 is 9.47 Å². The molecule has 0 fully saturated rings. The molecule has 1 unspecified atom stereocenters. The van der Waals surface area contributed by atoms with Crippen LogP contribution in [-0.2, 0) is 19.1 Å². The van der Waals surface area contributed by atoms with E-state index in [0.29, 0.717) is 13.2 Å². The molecular weight excluding hydrogens is 268 g/mol. The Morgan fingerprint density at radius 3 is 1.71 bits per heavy atom. The van der Waals surface area contributed by atoms with Gasteiger partial charge in [0.05, 0.1) is 25.6 Å². The van der Waals surface area contributed by atoms with Gasteiger partial charge in [-0.2, -0.15) is 0 Å². The van der Waals surface area contributed by atoms with E-state index in [1.54, 1.807) is 13.8 Å². The SMILES string of the molecule is CCCC(C)C.CCOC(=O)CC(C(=O)OCC)C(C)C. The van der Waals surface area contributed by atoms with Gasteiger partial charge in [0.2, 0.25) is 0 Å². The monoisotopic (exact) mass is 302 g/mol. The lowest BCUT2D eigenvalue weighted by Crippen LogP contribution is -2.26. The minimum Gasteiger partial charge on any atom is -0.466 e. The fourth-order valence-corrected chi connectivity index (χ4v) is 1.82. The highest BCUT2D eigenvalue weighted by atomic mass is 16.5. The first-order valence-electron chi connectivity index (χ1n) is 8.12. The lowest BCUT2D eigenvalue weighted by atomic mass is 9.93. The van der Waals surface area contributed by atoms with Gasteiger partial charge in [-0.3, -0.25) is 9.59 Å². The van der Waals surface area contributed by atoms with E-state index < -0.39 is 5.92 Å². The first-order valence-corrected chi connectivity index (χ1v) is 8.12. The Morgan fingerprint density at radius 1 is 0.905 bits per heavy atom. The average Bonchev–Trinajstić information content (AvgIpc) is 2.36. The van der Waals surface area contributed by atoms with Crippen LogP contribution < -0.4 is 0 Å². The summed E-state index contributed by atoms with van der Waals surface area (Å²) in [6, 6.07) is 0. The molecule has 0 N–H and O–H groups in total. The van der Waals surface area contributed by atoms with Gasteiger partial charge in [0.15, 0.2) is 0 Å². The summed E-state index contributed by atoms with van der Waals surface area (Å²) in [5, 5.41) is 0. The minimum absolute atomic E-state index is 0.0773. The number of rotatable bonds is 8. The van der Waals surface area contributed by atoms with Gasteiger partial charge in [-0.1, -0.05) is 47.5 Å².